The summed E-state index contributed by atoms with van der Waals surface area (Å²) >= 11 is 0. The van der Waals surface area contributed by atoms with Crippen molar-refractivity contribution in [2.75, 3.05) is 7.11 Å². The van der Waals surface area contributed by atoms with Gasteiger partial charge < -0.3 is 18.9 Å². The van der Waals surface area contributed by atoms with E-state index in [1.807, 2.05) is 19.9 Å². The van der Waals surface area contributed by atoms with E-state index in [2.05, 4.69) is 4.74 Å². The van der Waals surface area contributed by atoms with Gasteiger partial charge in [0.2, 0.25) is 0 Å². The van der Waals surface area contributed by atoms with Crippen molar-refractivity contribution in [1.82, 2.24) is 0 Å². The first kappa shape index (κ1) is 10.4. The Hall–Kier alpha value is -1.07. The summed E-state index contributed by atoms with van der Waals surface area (Å²) in [5.41, 5.74) is 0. The predicted molar refractivity (Wildman–Crippen MR) is 50.2 cm³/mol. The number of carbonyl (C=O) groups is 1. The fraction of sp³-hybridized carbons (Fsp3) is 0.700. The molecule has 2 aliphatic rings. The van der Waals surface area contributed by atoms with Crippen LogP contribution in [0.1, 0.15) is 13.8 Å². The standard InChI is InChI=1S/C10H14O5/c1-10(2)14-7-5-4-6(8(7)15-10)13-9(11)12-3/h4-8H,1-3H3/t6-,7+,8+/m0/s1. The lowest BCUT2D eigenvalue weighted by Crippen LogP contribution is -2.32. The lowest BCUT2D eigenvalue weighted by atomic mass is 10.2. The Morgan fingerprint density at radius 3 is 2.73 bits per heavy atom. The Balaban J connectivity index is 2.00. The molecule has 2 rings (SSSR count). The average molecular weight is 214 g/mol. The average Bonchev–Trinajstić information content (AvgIpc) is 2.63. The minimum absolute atomic E-state index is 0.144. The number of rotatable bonds is 1. The molecule has 1 saturated heterocycles. The van der Waals surface area contributed by atoms with Gasteiger partial charge in [0.25, 0.3) is 0 Å². The molecule has 0 bridgehead atoms. The SMILES string of the molecule is COC(=O)O[C@H]1C=C[C@H]2OC(C)(C)O[C@H]12. The first-order valence-electron chi connectivity index (χ1n) is 4.80. The van der Waals surface area contributed by atoms with Crippen LogP contribution in [0.5, 0.6) is 0 Å². The van der Waals surface area contributed by atoms with Crippen LogP contribution >= 0.6 is 0 Å². The Morgan fingerprint density at radius 1 is 1.33 bits per heavy atom. The highest BCUT2D eigenvalue weighted by Crippen LogP contribution is 2.35. The van der Waals surface area contributed by atoms with Gasteiger partial charge in [-0.1, -0.05) is 6.08 Å². The molecule has 1 aliphatic heterocycles. The first-order valence-corrected chi connectivity index (χ1v) is 4.80. The summed E-state index contributed by atoms with van der Waals surface area (Å²) in [6.45, 7) is 3.66. The van der Waals surface area contributed by atoms with E-state index in [9.17, 15) is 4.79 Å². The number of hydrogen-bond donors (Lipinski definition) is 0. The van der Waals surface area contributed by atoms with Gasteiger partial charge in [0.1, 0.15) is 12.2 Å². The fourth-order valence-corrected chi connectivity index (χ4v) is 1.81. The molecule has 0 aromatic heterocycles. The van der Waals surface area contributed by atoms with Crippen LogP contribution in [0.4, 0.5) is 4.79 Å². The van der Waals surface area contributed by atoms with Gasteiger partial charge in [0, 0.05) is 0 Å². The normalized spacial score (nSPS) is 36.3. The lowest BCUT2D eigenvalue weighted by Gasteiger charge is -2.20. The molecule has 0 radical (unpaired) electrons. The van der Waals surface area contributed by atoms with Crippen molar-refractivity contribution in [3.8, 4) is 0 Å². The van der Waals surface area contributed by atoms with Crippen LogP contribution in [0.15, 0.2) is 12.2 Å². The molecular formula is C10H14O5. The van der Waals surface area contributed by atoms with Gasteiger partial charge in [-0.2, -0.15) is 0 Å². The van der Waals surface area contributed by atoms with Crippen LogP contribution in [0.25, 0.3) is 0 Å². The second-order valence-corrected chi connectivity index (χ2v) is 3.99. The second-order valence-electron chi connectivity index (χ2n) is 3.99. The number of fused-ring (bicyclic) bond motifs is 1. The molecule has 0 spiro atoms. The molecule has 0 aromatic rings. The minimum Gasteiger partial charge on any atom is -0.438 e. The van der Waals surface area contributed by atoms with Crippen molar-refractivity contribution in [1.29, 1.82) is 0 Å². The molecule has 0 N–H and O–H groups in total. The van der Waals surface area contributed by atoms with E-state index in [1.54, 1.807) is 6.08 Å². The maximum atomic E-state index is 10.9. The summed E-state index contributed by atoms with van der Waals surface area (Å²) in [7, 11) is 1.27. The van der Waals surface area contributed by atoms with Crippen molar-refractivity contribution < 1.29 is 23.7 Å². The molecule has 0 amide bonds. The molecule has 1 heterocycles. The summed E-state index contributed by atoms with van der Waals surface area (Å²) in [6.07, 6.45) is 2.05. The predicted octanol–water partition coefficient (Wildman–Crippen LogP) is 1.23. The zero-order chi connectivity index (χ0) is 11.1. The highest BCUT2D eigenvalue weighted by Gasteiger charge is 2.47. The van der Waals surface area contributed by atoms with Crippen molar-refractivity contribution in [2.45, 2.75) is 37.9 Å². The van der Waals surface area contributed by atoms with Gasteiger partial charge in [-0.15, -0.1) is 0 Å². The summed E-state index contributed by atoms with van der Waals surface area (Å²) in [4.78, 5) is 10.9. The van der Waals surface area contributed by atoms with Crippen molar-refractivity contribution in [3.63, 3.8) is 0 Å². The monoisotopic (exact) mass is 214 g/mol. The van der Waals surface area contributed by atoms with Gasteiger partial charge in [-0.3, -0.25) is 0 Å². The van der Waals surface area contributed by atoms with Gasteiger partial charge in [-0.05, 0) is 19.9 Å². The molecule has 84 valence electrons. The third-order valence-electron chi connectivity index (χ3n) is 2.38. The van der Waals surface area contributed by atoms with Crippen LogP contribution in [0, 0.1) is 0 Å². The van der Waals surface area contributed by atoms with Gasteiger partial charge in [0.15, 0.2) is 11.9 Å². The zero-order valence-electron chi connectivity index (χ0n) is 8.93. The Bertz CT molecular complexity index is 296. The van der Waals surface area contributed by atoms with Crippen molar-refractivity contribution >= 4 is 6.16 Å². The molecule has 1 aliphatic carbocycles. The number of methoxy groups -OCH3 is 1. The van der Waals surface area contributed by atoms with Crippen LogP contribution in [-0.2, 0) is 18.9 Å². The van der Waals surface area contributed by atoms with Gasteiger partial charge in [-0.25, -0.2) is 4.79 Å². The van der Waals surface area contributed by atoms with E-state index >= 15 is 0 Å². The van der Waals surface area contributed by atoms with Crippen LogP contribution in [-0.4, -0.2) is 37.4 Å². The molecule has 0 aromatic carbocycles. The zero-order valence-corrected chi connectivity index (χ0v) is 8.93. The topological polar surface area (TPSA) is 54.0 Å². The third kappa shape index (κ3) is 1.98. The highest BCUT2D eigenvalue weighted by atomic mass is 16.8. The van der Waals surface area contributed by atoms with E-state index in [1.165, 1.54) is 7.11 Å². The van der Waals surface area contributed by atoms with E-state index in [-0.39, 0.29) is 12.2 Å². The first-order chi connectivity index (χ1) is 7.02. The number of carbonyl (C=O) groups excluding carboxylic acids is 1. The fourth-order valence-electron chi connectivity index (χ4n) is 1.81. The van der Waals surface area contributed by atoms with Gasteiger partial charge in [0.05, 0.1) is 7.11 Å². The Labute approximate surface area is 87.9 Å². The van der Waals surface area contributed by atoms with E-state index in [0.29, 0.717) is 0 Å². The highest BCUT2D eigenvalue weighted by molar-refractivity contribution is 5.60. The molecule has 3 atom stereocenters. The molecular weight excluding hydrogens is 200 g/mol. The molecule has 0 unspecified atom stereocenters. The van der Waals surface area contributed by atoms with Crippen molar-refractivity contribution in [3.05, 3.63) is 12.2 Å². The Morgan fingerprint density at radius 2 is 2.07 bits per heavy atom. The molecule has 0 saturated carbocycles. The van der Waals surface area contributed by atoms with Crippen molar-refractivity contribution in [2.24, 2.45) is 0 Å². The van der Waals surface area contributed by atoms with E-state index < -0.39 is 18.0 Å². The quantitative estimate of drug-likeness (QED) is 0.485. The summed E-state index contributed by atoms with van der Waals surface area (Å²) < 4.78 is 20.6. The maximum Gasteiger partial charge on any atom is 0.508 e. The molecule has 15 heavy (non-hydrogen) atoms. The second kappa shape index (κ2) is 3.50. The molecule has 5 nitrogen and oxygen atoms in total. The van der Waals surface area contributed by atoms with Crippen LogP contribution in [0.3, 0.4) is 0 Å². The lowest BCUT2D eigenvalue weighted by molar-refractivity contribution is -0.153. The van der Waals surface area contributed by atoms with E-state index in [4.69, 9.17) is 14.2 Å². The minimum atomic E-state index is -0.710. The maximum absolute atomic E-state index is 10.9. The van der Waals surface area contributed by atoms with Crippen LogP contribution in [0.2, 0.25) is 0 Å². The van der Waals surface area contributed by atoms with Gasteiger partial charge >= 0.3 is 6.16 Å². The number of hydrogen-bond acceptors (Lipinski definition) is 5. The number of ether oxygens (including phenoxy) is 4. The molecule has 5 heteroatoms. The molecule has 1 fully saturated rings. The van der Waals surface area contributed by atoms with Crippen LogP contribution < -0.4 is 0 Å². The summed E-state index contributed by atoms with van der Waals surface area (Å²) in [6, 6.07) is 0. The summed E-state index contributed by atoms with van der Waals surface area (Å²) in [5, 5.41) is 0. The van der Waals surface area contributed by atoms with E-state index in [0.717, 1.165) is 0 Å². The Kier molecular flexibility index (Phi) is 2.44. The smallest absolute Gasteiger partial charge is 0.438 e. The summed E-state index contributed by atoms with van der Waals surface area (Å²) in [5.74, 6) is -0.627. The third-order valence-corrected chi connectivity index (χ3v) is 2.38. The largest absolute Gasteiger partial charge is 0.508 e.